The Labute approximate surface area is 133 Å². The fourth-order valence-electron chi connectivity index (χ4n) is 2.03. The number of benzene rings is 2. The quantitative estimate of drug-likeness (QED) is 0.620. The van der Waals surface area contributed by atoms with Gasteiger partial charge in [0.1, 0.15) is 17.7 Å². The molecule has 0 fully saturated rings. The van der Waals surface area contributed by atoms with Gasteiger partial charge in [-0.15, -0.1) is 0 Å². The molecule has 0 aromatic heterocycles. The smallest absolute Gasteiger partial charge is 0.167 e. The van der Waals surface area contributed by atoms with Gasteiger partial charge < -0.3 is 0 Å². The van der Waals surface area contributed by atoms with Crippen molar-refractivity contribution in [2.75, 3.05) is 0 Å². The number of halogens is 1. The highest BCUT2D eigenvalue weighted by atomic mass is 35.5. The summed E-state index contributed by atoms with van der Waals surface area (Å²) in [5, 5.41) is 18.8. The van der Waals surface area contributed by atoms with Crippen molar-refractivity contribution in [1.82, 2.24) is 0 Å². The van der Waals surface area contributed by atoms with Crippen molar-refractivity contribution in [3.8, 4) is 12.1 Å². The van der Waals surface area contributed by atoms with E-state index < -0.39 is 0 Å². The van der Waals surface area contributed by atoms with Crippen LogP contribution >= 0.6 is 11.6 Å². The van der Waals surface area contributed by atoms with E-state index >= 15 is 0 Å². The Bertz CT molecular complexity index is 778. The third-order valence-corrected chi connectivity index (χ3v) is 3.40. The van der Waals surface area contributed by atoms with Crippen LogP contribution in [0.1, 0.15) is 22.3 Å². The second kappa shape index (κ2) is 7.22. The predicted molar refractivity (Wildman–Crippen MR) is 85.0 cm³/mol. The molecule has 3 nitrogen and oxygen atoms in total. The van der Waals surface area contributed by atoms with E-state index in [2.05, 4.69) is 0 Å². The van der Waals surface area contributed by atoms with E-state index in [1.165, 1.54) is 0 Å². The first-order valence-corrected chi connectivity index (χ1v) is 6.91. The molecular weight excluding hydrogens is 296 g/mol. The zero-order valence-electron chi connectivity index (χ0n) is 11.6. The normalized spacial score (nSPS) is 9.41. The second-order valence-corrected chi connectivity index (χ2v) is 4.99. The van der Waals surface area contributed by atoms with Crippen LogP contribution < -0.4 is 0 Å². The van der Waals surface area contributed by atoms with Crippen molar-refractivity contribution >= 4 is 23.0 Å². The van der Waals surface area contributed by atoms with Gasteiger partial charge in [-0.2, -0.15) is 10.5 Å². The van der Waals surface area contributed by atoms with Crippen LogP contribution in [0.4, 0.5) is 0 Å². The lowest BCUT2D eigenvalue weighted by atomic mass is 9.94. The van der Waals surface area contributed by atoms with Crippen molar-refractivity contribution in [3.05, 3.63) is 76.3 Å². The lowest BCUT2D eigenvalue weighted by Crippen LogP contribution is -2.02. The molecular formula is C18H11ClN2O. The van der Waals surface area contributed by atoms with Gasteiger partial charge in [0.2, 0.25) is 0 Å². The first-order valence-electron chi connectivity index (χ1n) is 6.53. The largest absolute Gasteiger partial charge is 0.294 e. The molecule has 0 spiro atoms. The highest BCUT2D eigenvalue weighted by Crippen LogP contribution is 2.25. The lowest BCUT2D eigenvalue weighted by Gasteiger charge is -2.08. The number of Topliss-reactive ketones (excluding diaryl/α,β-unsaturated/α-hetero) is 1. The molecule has 0 aliphatic rings. The number of nitrogens with zero attached hydrogens (tertiary/aromatic N) is 2. The summed E-state index contributed by atoms with van der Waals surface area (Å²) in [7, 11) is 0. The number of carbonyl (C=O) groups excluding carboxylic acids is 1. The standard InChI is InChI=1S/C18H11ClN2O/c19-16-8-6-13(7-9-16)17(15(11-20)12-21)10-18(22)14-4-2-1-3-5-14/h1-9H,10H2. The molecule has 0 aliphatic carbocycles. The van der Waals surface area contributed by atoms with Crippen molar-refractivity contribution in [3.63, 3.8) is 0 Å². The van der Waals surface area contributed by atoms with Crippen molar-refractivity contribution in [2.24, 2.45) is 0 Å². The highest BCUT2D eigenvalue weighted by molar-refractivity contribution is 6.30. The van der Waals surface area contributed by atoms with E-state index in [-0.39, 0.29) is 17.8 Å². The number of nitriles is 2. The molecule has 0 aliphatic heterocycles. The Morgan fingerprint density at radius 2 is 1.50 bits per heavy atom. The third kappa shape index (κ3) is 3.61. The van der Waals surface area contributed by atoms with Crippen molar-refractivity contribution < 1.29 is 4.79 Å². The molecule has 0 unspecified atom stereocenters. The van der Waals surface area contributed by atoms with Gasteiger partial charge in [0, 0.05) is 17.0 Å². The van der Waals surface area contributed by atoms with Gasteiger partial charge in [-0.3, -0.25) is 4.79 Å². The molecule has 2 rings (SSSR count). The fraction of sp³-hybridized carbons (Fsp3) is 0.0556. The lowest BCUT2D eigenvalue weighted by molar-refractivity contribution is 0.0998. The monoisotopic (exact) mass is 306 g/mol. The van der Waals surface area contributed by atoms with Gasteiger partial charge in [0.15, 0.2) is 5.78 Å². The van der Waals surface area contributed by atoms with Crippen LogP contribution in [0, 0.1) is 22.7 Å². The van der Waals surface area contributed by atoms with E-state index in [1.54, 1.807) is 48.5 Å². The van der Waals surface area contributed by atoms with Crippen molar-refractivity contribution in [1.29, 1.82) is 10.5 Å². The van der Waals surface area contributed by atoms with Crippen LogP contribution in [0.5, 0.6) is 0 Å². The Balaban J connectivity index is 2.42. The Kier molecular flexibility index (Phi) is 5.09. The minimum atomic E-state index is -0.145. The molecule has 0 heterocycles. The number of hydrogen-bond donors (Lipinski definition) is 0. The summed E-state index contributed by atoms with van der Waals surface area (Å²) in [6.07, 6.45) is -0.0118. The highest BCUT2D eigenvalue weighted by Gasteiger charge is 2.15. The van der Waals surface area contributed by atoms with Crippen LogP contribution in [-0.2, 0) is 0 Å². The Morgan fingerprint density at radius 3 is 2.05 bits per heavy atom. The first-order chi connectivity index (χ1) is 10.7. The molecule has 2 aromatic carbocycles. The Hall–Kier alpha value is -2.88. The summed E-state index contributed by atoms with van der Waals surface area (Å²) in [6.45, 7) is 0. The molecule has 0 saturated heterocycles. The minimum absolute atomic E-state index is 0.0118. The average Bonchev–Trinajstić information content (AvgIpc) is 2.56. The van der Waals surface area contributed by atoms with E-state index in [0.29, 0.717) is 21.7 Å². The van der Waals surface area contributed by atoms with Crippen LogP contribution in [0.25, 0.3) is 5.57 Å². The molecule has 0 amide bonds. The van der Waals surface area contributed by atoms with Crippen LogP contribution in [0.15, 0.2) is 60.2 Å². The van der Waals surface area contributed by atoms with E-state index in [9.17, 15) is 4.79 Å². The summed E-state index contributed by atoms with van der Waals surface area (Å²) in [4.78, 5) is 12.4. The van der Waals surface area contributed by atoms with Crippen LogP contribution in [0.2, 0.25) is 5.02 Å². The van der Waals surface area contributed by atoms with Gasteiger partial charge in [0.25, 0.3) is 0 Å². The maximum Gasteiger partial charge on any atom is 0.167 e. The van der Waals surface area contributed by atoms with Gasteiger partial charge in [-0.25, -0.2) is 0 Å². The zero-order valence-corrected chi connectivity index (χ0v) is 12.3. The number of rotatable bonds is 4. The molecule has 22 heavy (non-hydrogen) atoms. The molecule has 0 bridgehead atoms. The van der Waals surface area contributed by atoms with Gasteiger partial charge in [0.05, 0.1) is 0 Å². The summed E-state index contributed by atoms with van der Waals surface area (Å²) in [5.74, 6) is -0.145. The minimum Gasteiger partial charge on any atom is -0.294 e. The maximum absolute atomic E-state index is 12.4. The third-order valence-electron chi connectivity index (χ3n) is 3.15. The van der Waals surface area contributed by atoms with E-state index in [4.69, 9.17) is 22.1 Å². The number of allylic oxidation sites excluding steroid dienone is 2. The van der Waals surface area contributed by atoms with Gasteiger partial charge in [-0.05, 0) is 23.3 Å². The molecule has 0 radical (unpaired) electrons. The molecule has 106 valence electrons. The summed E-state index contributed by atoms with van der Waals surface area (Å²) in [5.41, 5.74) is 1.54. The summed E-state index contributed by atoms with van der Waals surface area (Å²) >= 11 is 5.85. The van der Waals surface area contributed by atoms with E-state index in [1.807, 2.05) is 18.2 Å². The van der Waals surface area contributed by atoms with Gasteiger partial charge in [-0.1, -0.05) is 54.1 Å². The molecule has 4 heteroatoms. The summed E-state index contributed by atoms with van der Waals surface area (Å²) < 4.78 is 0. The predicted octanol–water partition coefficient (Wildman–Crippen LogP) is 4.41. The number of carbonyl (C=O) groups is 1. The van der Waals surface area contributed by atoms with Crippen LogP contribution in [0.3, 0.4) is 0 Å². The van der Waals surface area contributed by atoms with E-state index in [0.717, 1.165) is 0 Å². The second-order valence-electron chi connectivity index (χ2n) is 4.55. The topological polar surface area (TPSA) is 64.7 Å². The zero-order chi connectivity index (χ0) is 15.9. The van der Waals surface area contributed by atoms with Gasteiger partial charge >= 0.3 is 0 Å². The maximum atomic E-state index is 12.4. The average molecular weight is 307 g/mol. The number of hydrogen-bond acceptors (Lipinski definition) is 3. The molecule has 0 N–H and O–H groups in total. The molecule has 0 atom stereocenters. The van der Waals surface area contributed by atoms with Crippen molar-refractivity contribution in [2.45, 2.75) is 6.42 Å². The number of ketones is 1. The SMILES string of the molecule is N#CC(C#N)=C(CC(=O)c1ccccc1)c1ccc(Cl)cc1. The molecule has 0 saturated carbocycles. The molecule has 2 aromatic rings. The summed E-state index contributed by atoms with van der Waals surface area (Å²) in [6, 6.07) is 19.2. The first kappa shape index (κ1) is 15.5. The van der Waals surface area contributed by atoms with Crippen LogP contribution in [-0.4, -0.2) is 5.78 Å². The Morgan fingerprint density at radius 1 is 0.909 bits per heavy atom. The fourth-order valence-corrected chi connectivity index (χ4v) is 2.16.